The van der Waals surface area contributed by atoms with Crippen molar-refractivity contribution in [2.75, 3.05) is 11.9 Å². The van der Waals surface area contributed by atoms with E-state index in [-0.39, 0.29) is 0 Å². The second-order valence-electron chi connectivity index (χ2n) is 5.01. The number of benzene rings is 2. The molecule has 2 aromatic carbocycles. The molecule has 0 bridgehead atoms. The smallest absolute Gasteiger partial charge is 0.0806 e. The topological polar surface area (TPSA) is 32.3 Å². The van der Waals surface area contributed by atoms with Gasteiger partial charge in [0.05, 0.1) is 6.10 Å². The van der Waals surface area contributed by atoms with E-state index in [1.54, 1.807) is 0 Å². The van der Waals surface area contributed by atoms with Crippen LogP contribution in [0.1, 0.15) is 29.2 Å². The zero-order valence-corrected chi connectivity index (χ0v) is 11.6. The average Bonchev–Trinajstić information content (AvgIpc) is 2.41. The van der Waals surface area contributed by atoms with Gasteiger partial charge in [0.1, 0.15) is 0 Å². The number of hydrogen-bond acceptors (Lipinski definition) is 2. The van der Waals surface area contributed by atoms with Crippen LogP contribution in [0.4, 0.5) is 5.69 Å². The first-order valence-electron chi connectivity index (χ1n) is 6.70. The summed E-state index contributed by atoms with van der Waals surface area (Å²) in [4.78, 5) is 0. The Balaban J connectivity index is 1.82. The van der Waals surface area contributed by atoms with Crippen molar-refractivity contribution in [1.82, 2.24) is 0 Å². The van der Waals surface area contributed by atoms with Crippen LogP contribution >= 0.6 is 0 Å². The second-order valence-corrected chi connectivity index (χ2v) is 5.01. The number of aryl methyl sites for hydroxylation is 2. The largest absolute Gasteiger partial charge is 0.388 e. The Hall–Kier alpha value is -1.80. The molecule has 2 heteroatoms. The van der Waals surface area contributed by atoms with Crippen molar-refractivity contribution >= 4 is 5.69 Å². The molecule has 2 rings (SSSR count). The SMILES string of the molecule is Cc1ccc(NCCC(O)c2ccc(C)cc2)cc1. The van der Waals surface area contributed by atoms with Crippen molar-refractivity contribution < 1.29 is 5.11 Å². The minimum atomic E-state index is -0.404. The van der Waals surface area contributed by atoms with Gasteiger partial charge in [0.2, 0.25) is 0 Å². The fourth-order valence-corrected chi connectivity index (χ4v) is 1.98. The minimum absolute atomic E-state index is 0.404. The zero-order valence-electron chi connectivity index (χ0n) is 11.6. The molecule has 0 saturated heterocycles. The molecule has 1 atom stereocenters. The predicted octanol–water partition coefficient (Wildman–Crippen LogP) is 3.84. The maximum Gasteiger partial charge on any atom is 0.0806 e. The zero-order chi connectivity index (χ0) is 13.7. The van der Waals surface area contributed by atoms with Gasteiger partial charge in [0.15, 0.2) is 0 Å². The van der Waals surface area contributed by atoms with Crippen molar-refractivity contribution in [2.45, 2.75) is 26.4 Å². The Morgan fingerprint density at radius 3 is 2.00 bits per heavy atom. The van der Waals surface area contributed by atoms with Crippen molar-refractivity contribution in [1.29, 1.82) is 0 Å². The van der Waals surface area contributed by atoms with E-state index >= 15 is 0 Å². The van der Waals surface area contributed by atoms with Gasteiger partial charge in [-0.05, 0) is 38.0 Å². The van der Waals surface area contributed by atoms with Crippen LogP contribution in [0.25, 0.3) is 0 Å². The van der Waals surface area contributed by atoms with Crippen LogP contribution in [0.3, 0.4) is 0 Å². The van der Waals surface area contributed by atoms with E-state index in [1.807, 2.05) is 24.3 Å². The van der Waals surface area contributed by atoms with E-state index in [1.165, 1.54) is 11.1 Å². The molecule has 0 saturated carbocycles. The molecule has 0 spiro atoms. The van der Waals surface area contributed by atoms with Gasteiger partial charge in [-0.15, -0.1) is 0 Å². The van der Waals surface area contributed by atoms with Crippen LogP contribution in [0.15, 0.2) is 48.5 Å². The molecule has 2 N–H and O–H groups in total. The lowest BCUT2D eigenvalue weighted by atomic mass is 10.1. The summed E-state index contributed by atoms with van der Waals surface area (Å²) in [6.45, 7) is 4.89. The van der Waals surface area contributed by atoms with Crippen LogP contribution < -0.4 is 5.32 Å². The molecule has 2 nitrogen and oxygen atoms in total. The first-order chi connectivity index (χ1) is 9.15. The quantitative estimate of drug-likeness (QED) is 0.850. The highest BCUT2D eigenvalue weighted by Crippen LogP contribution is 2.17. The maximum absolute atomic E-state index is 10.1. The maximum atomic E-state index is 10.1. The van der Waals surface area contributed by atoms with Gasteiger partial charge in [-0.25, -0.2) is 0 Å². The molecule has 0 radical (unpaired) electrons. The Labute approximate surface area is 115 Å². The Morgan fingerprint density at radius 1 is 0.895 bits per heavy atom. The van der Waals surface area contributed by atoms with Crippen molar-refractivity contribution in [2.24, 2.45) is 0 Å². The first kappa shape index (κ1) is 13.6. The summed E-state index contributed by atoms with van der Waals surface area (Å²) < 4.78 is 0. The molecule has 1 unspecified atom stereocenters. The summed E-state index contributed by atoms with van der Waals surface area (Å²) in [5.41, 5.74) is 4.55. The van der Waals surface area contributed by atoms with E-state index < -0.39 is 6.10 Å². The van der Waals surface area contributed by atoms with Crippen molar-refractivity contribution in [3.05, 3.63) is 65.2 Å². The fourth-order valence-electron chi connectivity index (χ4n) is 1.98. The third kappa shape index (κ3) is 4.11. The minimum Gasteiger partial charge on any atom is -0.388 e. The van der Waals surface area contributed by atoms with E-state index in [2.05, 4.69) is 43.4 Å². The van der Waals surface area contributed by atoms with Gasteiger partial charge in [0, 0.05) is 12.2 Å². The van der Waals surface area contributed by atoms with Gasteiger partial charge in [-0.1, -0.05) is 47.5 Å². The molecule has 100 valence electrons. The standard InChI is InChI=1S/C17H21NO/c1-13-3-7-15(8-4-13)17(19)11-12-18-16-9-5-14(2)6-10-16/h3-10,17-19H,11-12H2,1-2H3. The third-order valence-electron chi connectivity index (χ3n) is 3.26. The highest BCUT2D eigenvalue weighted by atomic mass is 16.3. The second kappa shape index (κ2) is 6.39. The predicted molar refractivity (Wildman–Crippen MR) is 80.4 cm³/mol. The molecule has 0 aliphatic heterocycles. The van der Waals surface area contributed by atoms with Crippen LogP contribution in [0.2, 0.25) is 0 Å². The molecule has 0 heterocycles. The van der Waals surface area contributed by atoms with Gasteiger partial charge in [0.25, 0.3) is 0 Å². The van der Waals surface area contributed by atoms with E-state index in [9.17, 15) is 5.11 Å². The summed E-state index contributed by atoms with van der Waals surface area (Å²) in [7, 11) is 0. The number of rotatable bonds is 5. The van der Waals surface area contributed by atoms with Crippen molar-refractivity contribution in [3.8, 4) is 0 Å². The number of hydrogen-bond donors (Lipinski definition) is 2. The van der Waals surface area contributed by atoms with Crippen LogP contribution in [-0.2, 0) is 0 Å². The number of anilines is 1. The summed E-state index contributed by atoms with van der Waals surface area (Å²) in [5, 5.41) is 13.4. The van der Waals surface area contributed by atoms with E-state index in [4.69, 9.17) is 0 Å². The van der Waals surface area contributed by atoms with Crippen LogP contribution in [-0.4, -0.2) is 11.7 Å². The Kier molecular flexibility index (Phi) is 4.58. The van der Waals surface area contributed by atoms with Gasteiger partial charge < -0.3 is 10.4 Å². The number of nitrogens with one attached hydrogen (secondary N) is 1. The fraction of sp³-hybridized carbons (Fsp3) is 0.294. The van der Waals surface area contributed by atoms with Crippen LogP contribution in [0, 0.1) is 13.8 Å². The lowest BCUT2D eigenvalue weighted by Gasteiger charge is -2.12. The highest BCUT2D eigenvalue weighted by molar-refractivity contribution is 5.44. The average molecular weight is 255 g/mol. The molecule has 0 aromatic heterocycles. The lowest BCUT2D eigenvalue weighted by Crippen LogP contribution is -2.07. The van der Waals surface area contributed by atoms with E-state index in [0.717, 1.165) is 17.8 Å². The molecule has 0 fully saturated rings. The van der Waals surface area contributed by atoms with Crippen LogP contribution in [0.5, 0.6) is 0 Å². The summed E-state index contributed by atoms with van der Waals surface area (Å²) >= 11 is 0. The number of aliphatic hydroxyl groups excluding tert-OH is 1. The Morgan fingerprint density at radius 2 is 1.42 bits per heavy atom. The first-order valence-corrected chi connectivity index (χ1v) is 6.70. The van der Waals surface area contributed by atoms with Gasteiger partial charge in [-0.2, -0.15) is 0 Å². The van der Waals surface area contributed by atoms with Gasteiger partial charge >= 0.3 is 0 Å². The van der Waals surface area contributed by atoms with Crippen molar-refractivity contribution in [3.63, 3.8) is 0 Å². The van der Waals surface area contributed by atoms with E-state index in [0.29, 0.717) is 6.42 Å². The Bertz CT molecular complexity index is 502. The monoisotopic (exact) mass is 255 g/mol. The molecule has 0 aliphatic rings. The molecule has 19 heavy (non-hydrogen) atoms. The summed E-state index contributed by atoms with van der Waals surface area (Å²) in [6, 6.07) is 16.3. The molecular formula is C17H21NO. The molecule has 2 aromatic rings. The molecule has 0 amide bonds. The molecular weight excluding hydrogens is 234 g/mol. The number of aliphatic hydroxyl groups is 1. The normalized spacial score (nSPS) is 12.2. The molecule has 0 aliphatic carbocycles. The highest BCUT2D eigenvalue weighted by Gasteiger charge is 2.06. The summed E-state index contributed by atoms with van der Waals surface area (Å²) in [5.74, 6) is 0. The summed E-state index contributed by atoms with van der Waals surface area (Å²) in [6.07, 6.45) is 0.301. The lowest BCUT2D eigenvalue weighted by molar-refractivity contribution is 0.171. The third-order valence-corrected chi connectivity index (χ3v) is 3.26. The van der Waals surface area contributed by atoms with Gasteiger partial charge in [-0.3, -0.25) is 0 Å².